The maximum Gasteiger partial charge on any atom is 0.300 e. The molecule has 2 heterocycles. The molecule has 0 amide bonds. The molecule has 0 saturated carbocycles. The number of benzene rings is 4. The fourth-order valence-electron chi connectivity index (χ4n) is 3.52. The molecule has 0 unspecified atom stereocenters. The Hall–Kier alpha value is -3.44. The van der Waals surface area contributed by atoms with E-state index in [0.717, 1.165) is 20.3 Å². The Morgan fingerprint density at radius 2 is 1.18 bits per heavy atom. The smallest absolute Gasteiger partial charge is 0.300 e. The molecule has 0 radical (unpaired) electrons. The number of nitrogens with zero attached hydrogens (tertiary/aromatic N) is 2. The Morgan fingerprint density at radius 3 is 1.69 bits per heavy atom. The normalized spacial score (nSPS) is 10.8. The van der Waals surface area contributed by atoms with E-state index in [2.05, 4.69) is 52.5 Å². The van der Waals surface area contributed by atoms with Gasteiger partial charge in [-0.25, -0.2) is 0 Å². The highest BCUT2D eigenvalue weighted by Crippen LogP contribution is 2.33. The van der Waals surface area contributed by atoms with Gasteiger partial charge in [-0.15, -0.1) is 0 Å². The largest absolute Gasteiger partial charge is 0.504 e. The van der Waals surface area contributed by atoms with Gasteiger partial charge in [0.2, 0.25) is 0 Å². The van der Waals surface area contributed by atoms with Crippen molar-refractivity contribution in [2.75, 3.05) is 17.7 Å². The number of halogens is 4. The summed E-state index contributed by atoms with van der Waals surface area (Å²) in [6, 6.07) is 22.4. The lowest BCUT2D eigenvalue weighted by molar-refractivity contribution is 0.411. The van der Waals surface area contributed by atoms with Crippen molar-refractivity contribution < 1.29 is 18.7 Å². The second-order valence-corrected chi connectivity index (χ2v) is 10.7. The third-order valence-corrected chi connectivity index (χ3v) is 6.76. The summed E-state index contributed by atoms with van der Waals surface area (Å²) in [4.78, 5) is 8.56. The number of aromatic nitrogens is 2. The maximum atomic E-state index is 9.72. The van der Waals surface area contributed by atoms with E-state index in [1.807, 2.05) is 48.5 Å². The van der Waals surface area contributed by atoms with Crippen LogP contribution in [0.2, 0.25) is 10.0 Å². The third-order valence-electron chi connectivity index (χ3n) is 5.27. The van der Waals surface area contributed by atoms with E-state index in [1.54, 1.807) is 25.3 Å². The molecule has 0 atom stereocenters. The average Bonchev–Trinajstić information content (AvgIpc) is 3.50. The van der Waals surface area contributed by atoms with Gasteiger partial charge in [0.25, 0.3) is 12.0 Å². The summed E-state index contributed by atoms with van der Waals surface area (Å²) >= 11 is 18.6. The summed E-state index contributed by atoms with van der Waals surface area (Å²) in [6.45, 7) is 0. The minimum atomic E-state index is -0.0288. The van der Waals surface area contributed by atoms with Gasteiger partial charge in [-0.2, -0.15) is 9.97 Å². The number of rotatable bonds is 5. The first-order valence-electron chi connectivity index (χ1n) is 11.3. The molecule has 0 spiro atoms. The lowest BCUT2D eigenvalue weighted by Gasteiger charge is -2.01. The minimum Gasteiger partial charge on any atom is -0.504 e. The summed E-state index contributed by atoms with van der Waals surface area (Å²) in [5, 5.41) is 16.8. The maximum absolute atomic E-state index is 9.72. The van der Waals surface area contributed by atoms with Gasteiger partial charge in [-0.05, 0) is 60.7 Å². The fourth-order valence-corrected chi connectivity index (χ4v) is 4.46. The van der Waals surface area contributed by atoms with Crippen molar-refractivity contribution in [1.29, 1.82) is 0 Å². The molecule has 12 heteroatoms. The van der Waals surface area contributed by atoms with Crippen LogP contribution < -0.4 is 15.4 Å². The number of aromatic hydroxyl groups is 1. The van der Waals surface area contributed by atoms with E-state index in [-0.39, 0.29) is 5.75 Å². The zero-order valence-electron chi connectivity index (χ0n) is 20.0. The number of anilines is 4. The minimum absolute atomic E-state index is 0.0288. The molecular weight excluding hydrogens is 675 g/mol. The van der Waals surface area contributed by atoms with Crippen LogP contribution in [-0.2, 0) is 0 Å². The second kappa shape index (κ2) is 11.7. The summed E-state index contributed by atoms with van der Waals surface area (Å²) < 4.78 is 18.3. The third kappa shape index (κ3) is 6.59. The van der Waals surface area contributed by atoms with Gasteiger partial charge < -0.3 is 29.3 Å². The SMILES string of the molecule is COc1cc(Cl)cc2nc(Nc3ccc(Br)cc3)oc12.Oc1cc(Cl)cc2nc(Nc3ccc(Br)cc3)oc12. The number of hydrogen-bond acceptors (Lipinski definition) is 8. The molecule has 6 aromatic rings. The lowest BCUT2D eigenvalue weighted by atomic mass is 10.3. The molecule has 3 N–H and O–H groups in total. The molecule has 4 aromatic carbocycles. The highest BCUT2D eigenvalue weighted by molar-refractivity contribution is 9.10. The van der Waals surface area contributed by atoms with Crippen LogP contribution in [0.25, 0.3) is 22.2 Å². The average molecular weight is 693 g/mol. The lowest BCUT2D eigenvalue weighted by Crippen LogP contribution is -1.89. The van der Waals surface area contributed by atoms with Crippen LogP contribution in [-0.4, -0.2) is 22.2 Å². The van der Waals surface area contributed by atoms with Crippen LogP contribution in [0.1, 0.15) is 0 Å². The van der Waals surface area contributed by atoms with Gasteiger partial charge in [-0.3, -0.25) is 0 Å². The molecule has 0 bridgehead atoms. The van der Waals surface area contributed by atoms with Crippen molar-refractivity contribution in [3.05, 3.63) is 91.8 Å². The van der Waals surface area contributed by atoms with E-state index >= 15 is 0 Å². The molecule has 39 heavy (non-hydrogen) atoms. The second-order valence-electron chi connectivity index (χ2n) is 8.03. The van der Waals surface area contributed by atoms with Gasteiger partial charge in [0.15, 0.2) is 22.7 Å². The first-order chi connectivity index (χ1) is 18.8. The molecule has 198 valence electrons. The first kappa shape index (κ1) is 27.1. The number of ether oxygens (including phenoxy) is 1. The van der Waals surface area contributed by atoms with E-state index in [9.17, 15) is 5.11 Å². The van der Waals surface area contributed by atoms with E-state index in [4.69, 9.17) is 36.8 Å². The molecule has 0 aliphatic heterocycles. The number of oxazole rings is 2. The molecule has 0 aliphatic carbocycles. The number of nitrogens with one attached hydrogen (secondary N) is 2. The molecule has 6 rings (SSSR count). The number of phenols is 1. The Morgan fingerprint density at radius 1 is 0.718 bits per heavy atom. The number of phenolic OH excluding ortho intramolecular Hbond substituents is 1. The number of methoxy groups -OCH3 is 1. The van der Waals surface area contributed by atoms with Gasteiger partial charge >= 0.3 is 0 Å². The van der Waals surface area contributed by atoms with Crippen molar-refractivity contribution in [2.24, 2.45) is 0 Å². The standard InChI is InChI=1S/C14H10BrClN2O2.C13H8BrClN2O2/c1-19-12-7-9(16)6-11-13(12)20-14(18-11)17-10-4-2-8(15)3-5-10;14-7-1-3-9(4-2-7)16-13-17-10-5-8(15)6-11(18)12(10)19-13/h2-7H,1H3,(H,17,18);1-6,18H,(H,16,17). The van der Waals surface area contributed by atoms with Gasteiger partial charge in [0.1, 0.15) is 11.0 Å². The highest BCUT2D eigenvalue weighted by atomic mass is 79.9. The summed E-state index contributed by atoms with van der Waals surface area (Å²) in [5.41, 5.74) is 3.74. The van der Waals surface area contributed by atoms with Crippen LogP contribution in [0.4, 0.5) is 23.4 Å². The van der Waals surface area contributed by atoms with Crippen molar-refractivity contribution in [2.45, 2.75) is 0 Å². The Balaban J connectivity index is 0.000000158. The van der Waals surface area contributed by atoms with E-state index < -0.39 is 0 Å². The van der Waals surface area contributed by atoms with Crippen LogP contribution in [0, 0.1) is 0 Å². The van der Waals surface area contributed by atoms with Gasteiger partial charge in [-0.1, -0.05) is 55.1 Å². The zero-order valence-corrected chi connectivity index (χ0v) is 24.7. The predicted octanol–water partition coefficient (Wildman–Crippen LogP) is 9.69. The summed E-state index contributed by atoms with van der Waals surface area (Å²) in [6.07, 6.45) is 0. The van der Waals surface area contributed by atoms with Crippen LogP contribution in [0.5, 0.6) is 11.5 Å². The van der Waals surface area contributed by atoms with Gasteiger partial charge in [0.05, 0.1) is 7.11 Å². The van der Waals surface area contributed by atoms with Crippen molar-refractivity contribution >= 4 is 101 Å². The summed E-state index contributed by atoms with van der Waals surface area (Å²) in [7, 11) is 1.56. The monoisotopic (exact) mass is 690 g/mol. The van der Waals surface area contributed by atoms with Crippen molar-refractivity contribution in [3.63, 3.8) is 0 Å². The summed E-state index contributed by atoms with van der Waals surface area (Å²) in [5.74, 6) is 0.530. The van der Waals surface area contributed by atoms with Crippen LogP contribution in [0.15, 0.2) is 90.6 Å². The van der Waals surface area contributed by atoms with E-state index in [1.165, 1.54) is 6.07 Å². The molecule has 0 fully saturated rings. The predicted molar refractivity (Wildman–Crippen MR) is 161 cm³/mol. The highest BCUT2D eigenvalue weighted by Gasteiger charge is 2.13. The Bertz CT molecular complexity index is 1760. The zero-order chi connectivity index (χ0) is 27.5. The van der Waals surface area contributed by atoms with Crippen molar-refractivity contribution in [3.8, 4) is 11.5 Å². The number of hydrogen-bond donors (Lipinski definition) is 3. The topological polar surface area (TPSA) is 106 Å². The Kier molecular flexibility index (Phi) is 8.18. The molecule has 0 saturated heterocycles. The first-order valence-corrected chi connectivity index (χ1v) is 13.6. The molecule has 8 nitrogen and oxygen atoms in total. The van der Waals surface area contributed by atoms with Crippen LogP contribution >= 0.6 is 55.1 Å². The van der Waals surface area contributed by atoms with Crippen molar-refractivity contribution in [1.82, 2.24) is 9.97 Å². The quantitative estimate of drug-likeness (QED) is 0.164. The fraction of sp³-hybridized carbons (Fsp3) is 0.0370. The molecule has 2 aromatic heterocycles. The van der Waals surface area contributed by atoms with Gasteiger partial charge in [0, 0.05) is 42.5 Å². The molecule has 0 aliphatic rings. The molecular formula is C27H18Br2Cl2N4O4. The Labute approximate surface area is 249 Å². The number of fused-ring (bicyclic) bond motifs is 2. The van der Waals surface area contributed by atoms with E-state index in [0.29, 0.717) is 50.0 Å². The van der Waals surface area contributed by atoms with Crippen LogP contribution in [0.3, 0.4) is 0 Å².